The minimum atomic E-state index is -0.542. The predicted molar refractivity (Wildman–Crippen MR) is 101 cm³/mol. The largest absolute Gasteiger partial charge is 0.347 e. The van der Waals surface area contributed by atoms with Crippen molar-refractivity contribution in [2.24, 2.45) is 0 Å². The van der Waals surface area contributed by atoms with Crippen LogP contribution in [0, 0.1) is 11.6 Å². The van der Waals surface area contributed by atoms with Crippen molar-refractivity contribution in [1.29, 1.82) is 0 Å². The molecule has 9 heteroatoms. The minimum Gasteiger partial charge on any atom is -0.347 e. The van der Waals surface area contributed by atoms with Crippen molar-refractivity contribution in [3.05, 3.63) is 89.3 Å². The molecule has 7 nitrogen and oxygen atoms in total. The lowest BCUT2D eigenvalue weighted by Gasteiger charge is -2.32. The quantitative estimate of drug-likeness (QED) is 0.560. The van der Waals surface area contributed by atoms with E-state index in [4.69, 9.17) is 4.52 Å². The van der Waals surface area contributed by atoms with E-state index in [-0.39, 0.29) is 24.2 Å². The average molecular weight is 407 g/mol. The fraction of sp³-hybridized carbons (Fsp3) is 0.143. The number of aromatic nitrogens is 4. The lowest BCUT2D eigenvalue weighted by molar-refractivity contribution is 0.0589. The van der Waals surface area contributed by atoms with Crippen LogP contribution in [-0.2, 0) is 13.0 Å². The number of halogens is 2. The highest BCUT2D eigenvalue weighted by molar-refractivity contribution is 5.94. The summed E-state index contributed by atoms with van der Waals surface area (Å²) in [4.78, 5) is 26.6. The molecule has 0 saturated heterocycles. The van der Waals surface area contributed by atoms with E-state index in [9.17, 15) is 13.6 Å². The first kappa shape index (κ1) is 18.2. The molecule has 0 fully saturated rings. The highest BCUT2D eigenvalue weighted by Gasteiger charge is 2.36. The van der Waals surface area contributed by atoms with E-state index in [0.717, 1.165) is 11.4 Å². The first-order chi connectivity index (χ1) is 14.6. The maximum Gasteiger partial charge on any atom is 0.254 e. The standard InChI is InChI=1S/C21H15F2N5O2/c22-14-5-1-12(2-6-14)19-26-20(30-27-19)18-9-16-17(25-11-24-16)10-28(18)21(29)13-3-7-15(23)8-4-13/h1-8,11,18H,9-10H2,(H,24,25)/t18-/m0/s1. The molecule has 5 rings (SSSR count). The third-order valence-corrected chi connectivity index (χ3v) is 5.08. The van der Waals surface area contributed by atoms with Gasteiger partial charge in [-0.15, -0.1) is 0 Å². The van der Waals surface area contributed by atoms with Crippen molar-refractivity contribution in [2.45, 2.75) is 19.0 Å². The van der Waals surface area contributed by atoms with Crippen LogP contribution in [0.25, 0.3) is 11.4 Å². The average Bonchev–Trinajstić information content (AvgIpc) is 3.42. The minimum absolute atomic E-state index is 0.249. The van der Waals surface area contributed by atoms with E-state index in [1.165, 1.54) is 36.4 Å². The molecule has 0 unspecified atom stereocenters. The Kier molecular flexibility index (Phi) is 4.35. The number of fused-ring (bicyclic) bond motifs is 1. The normalized spacial score (nSPS) is 15.8. The fourth-order valence-corrected chi connectivity index (χ4v) is 3.52. The van der Waals surface area contributed by atoms with Crippen LogP contribution < -0.4 is 0 Å². The van der Waals surface area contributed by atoms with Crippen molar-refractivity contribution in [3.63, 3.8) is 0 Å². The number of imidazole rings is 1. The third-order valence-electron chi connectivity index (χ3n) is 5.08. The highest BCUT2D eigenvalue weighted by Crippen LogP contribution is 2.33. The Labute approximate surface area is 169 Å². The molecular formula is C21H15F2N5O2. The molecular weight excluding hydrogens is 392 g/mol. The van der Waals surface area contributed by atoms with E-state index in [2.05, 4.69) is 20.1 Å². The summed E-state index contributed by atoms with van der Waals surface area (Å²) in [5.41, 5.74) is 2.58. The summed E-state index contributed by atoms with van der Waals surface area (Å²) < 4.78 is 31.9. The van der Waals surface area contributed by atoms with Gasteiger partial charge in [-0.3, -0.25) is 4.79 Å². The number of carbonyl (C=O) groups is 1. The Hall–Kier alpha value is -3.88. The van der Waals surface area contributed by atoms with Crippen LogP contribution in [0.15, 0.2) is 59.4 Å². The van der Waals surface area contributed by atoms with E-state index >= 15 is 0 Å². The smallest absolute Gasteiger partial charge is 0.254 e. The molecule has 3 heterocycles. The van der Waals surface area contributed by atoms with Gasteiger partial charge in [-0.1, -0.05) is 5.16 Å². The summed E-state index contributed by atoms with van der Waals surface area (Å²) in [7, 11) is 0. The van der Waals surface area contributed by atoms with Crippen LogP contribution in [0.5, 0.6) is 0 Å². The Morgan fingerprint density at radius 1 is 1.07 bits per heavy atom. The van der Waals surface area contributed by atoms with E-state index < -0.39 is 11.9 Å². The monoisotopic (exact) mass is 407 g/mol. The SMILES string of the molecule is O=C(c1ccc(F)cc1)N1Cc2[nH]cnc2C[C@H]1c1nc(-c2ccc(F)cc2)no1. The lowest BCUT2D eigenvalue weighted by atomic mass is 10.0. The number of nitrogens with one attached hydrogen (secondary N) is 1. The molecule has 2 aromatic carbocycles. The second-order valence-corrected chi connectivity index (χ2v) is 6.95. The van der Waals surface area contributed by atoms with Gasteiger partial charge in [-0.05, 0) is 48.5 Å². The van der Waals surface area contributed by atoms with Crippen LogP contribution >= 0.6 is 0 Å². The van der Waals surface area contributed by atoms with Gasteiger partial charge in [0.15, 0.2) is 0 Å². The van der Waals surface area contributed by atoms with Gasteiger partial charge in [0, 0.05) is 17.5 Å². The molecule has 1 atom stereocenters. The second-order valence-electron chi connectivity index (χ2n) is 6.95. The Morgan fingerprint density at radius 2 is 1.77 bits per heavy atom. The van der Waals surface area contributed by atoms with Crippen LogP contribution in [-0.4, -0.2) is 30.9 Å². The molecule has 0 bridgehead atoms. The van der Waals surface area contributed by atoms with Gasteiger partial charge in [-0.25, -0.2) is 13.8 Å². The Bertz CT molecular complexity index is 1200. The number of amides is 1. The molecule has 1 N–H and O–H groups in total. The van der Waals surface area contributed by atoms with Crippen molar-refractivity contribution >= 4 is 5.91 Å². The molecule has 0 spiro atoms. The number of aromatic amines is 1. The topological polar surface area (TPSA) is 87.9 Å². The first-order valence-electron chi connectivity index (χ1n) is 9.25. The summed E-state index contributed by atoms with van der Waals surface area (Å²) in [6.45, 7) is 0.268. The summed E-state index contributed by atoms with van der Waals surface area (Å²) in [5.74, 6) is -0.525. The second kappa shape index (κ2) is 7.18. The van der Waals surface area contributed by atoms with Gasteiger partial charge in [-0.2, -0.15) is 4.98 Å². The fourth-order valence-electron chi connectivity index (χ4n) is 3.52. The van der Waals surface area contributed by atoms with Crippen LogP contribution in [0.1, 0.15) is 33.7 Å². The number of hydrogen-bond acceptors (Lipinski definition) is 5. The highest BCUT2D eigenvalue weighted by atomic mass is 19.1. The third kappa shape index (κ3) is 3.24. The van der Waals surface area contributed by atoms with Gasteiger partial charge in [0.1, 0.15) is 17.7 Å². The molecule has 1 aliphatic rings. The van der Waals surface area contributed by atoms with Crippen molar-refractivity contribution in [1.82, 2.24) is 25.0 Å². The van der Waals surface area contributed by atoms with Crippen molar-refractivity contribution < 1.29 is 18.1 Å². The Balaban J connectivity index is 1.50. The molecule has 2 aromatic heterocycles. The summed E-state index contributed by atoms with van der Waals surface area (Å²) >= 11 is 0. The maximum absolute atomic E-state index is 13.3. The van der Waals surface area contributed by atoms with E-state index in [1.54, 1.807) is 23.4 Å². The first-order valence-corrected chi connectivity index (χ1v) is 9.25. The number of benzene rings is 2. The van der Waals surface area contributed by atoms with Crippen molar-refractivity contribution in [2.75, 3.05) is 0 Å². The maximum atomic E-state index is 13.3. The van der Waals surface area contributed by atoms with Gasteiger partial charge < -0.3 is 14.4 Å². The molecule has 30 heavy (non-hydrogen) atoms. The van der Waals surface area contributed by atoms with Gasteiger partial charge >= 0.3 is 0 Å². The zero-order valence-electron chi connectivity index (χ0n) is 15.5. The Morgan fingerprint density at radius 3 is 2.50 bits per heavy atom. The number of rotatable bonds is 3. The number of H-pyrrole nitrogens is 1. The molecule has 1 aliphatic heterocycles. The van der Waals surface area contributed by atoms with Crippen LogP contribution in [0.4, 0.5) is 8.78 Å². The molecule has 0 radical (unpaired) electrons. The zero-order chi connectivity index (χ0) is 20.7. The molecule has 0 saturated carbocycles. The number of carbonyl (C=O) groups excluding carboxylic acids is 1. The summed E-state index contributed by atoms with van der Waals surface area (Å²) in [6, 6.07) is 10.6. The van der Waals surface area contributed by atoms with Crippen LogP contribution in [0.2, 0.25) is 0 Å². The summed E-state index contributed by atoms with van der Waals surface area (Å²) in [5, 5.41) is 3.99. The summed E-state index contributed by atoms with van der Waals surface area (Å²) in [6.07, 6.45) is 1.96. The molecule has 4 aromatic rings. The van der Waals surface area contributed by atoms with Gasteiger partial charge in [0.2, 0.25) is 11.7 Å². The molecule has 150 valence electrons. The van der Waals surface area contributed by atoms with Crippen molar-refractivity contribution in [3.8, 4) is 11.4 Å². The van der Waals surface area contributed by atoms with Gasteiger partial charge in [0.05, 0.1) is 24.3 Å². The predicted octanol–water partition coefficient (Wildman–Crippen LogP) is 3.68. The van der Waals surface area contributed by atoms with E-state index in [0.29, 0.717) is 23.4 Å². The van der Waals surface area contributed by atoms with E-state index in [1.807, 2.05) is 0 Å². The number of hydrogen-bond donors (Lipinski definition) is 1. The van der Waals surface area contributed by atoms with Gasteiger partial charge in [0.25, 0.3) is 5.91 Å². The molecule has 1 amide bonds. The lowest BCUT2D eigenvalue weighted by Crippen LogP contribution is -2.39. The molecule has 0 aliphatic carbocycles. The number of nitrogens with zero attached hydrogens (tertiary/aromatic N) is 4. The zero-order valence-corrected chi connectivity index (χ0v) is 15.5. The van der Waals surface area contributed by atoms with Crippen LogP contribution in [0.3, 0.4) is 0 Å².